The van der Waals surface area contributed by atoms with Crippen molar-refractivity contribution in [2.24, 2.45) is 47.3 Å². The highest BCUT2D eigenvalue weighted by Crippen LogP contribution is 2.71. The minimum atomic E-state index is 0.00144. The highest BCUT2D eigenvalue weighted by atomic mass is 16.2. The van der Waals surface area contributed by atoms with Crippen molar-refractivity contribution < 1.29 is 9.59 Å². The van der Waals surface area contributed by atoms with Crippen molar-refractivity contribution in [3.05, 3.63) is 12.2 Å². The Kier molecular flexibility index (Phi) is 1.13. The van der Waals surface area contributed by atoms with Gasteiger partial charge < -0.3 is 0 Å². The van der Waals surface area contributed by atoms with Gasteiger partial charge in [0, 0.05) is 11.8 Å². The van der Waals surface area contributed by atoms with Crippen LogP contribution >= 0.6 is 0 Å². The summed E-state index contributed by atoms with van der Waals surface area (Å²) in [6, 6.07) is 0. The maximum atomic E-state index is 12.2. The molecule has 5 saturated carbocycles. The number of hydrogen-bond donors (Lipinski definition) is 0. The maximum Gasteiger partial charge on any atom is 0.202 e. The van der Waals surface area contributed by atoms with Crippen molar-refractivity contribution in [2.75, 3.05) is 0 Å². The summed E-state index contributed by atoms with van der Waals surface area (Å²) in [6.45, 7) is 0. The first-order valence-corrected chi connectivity index (χ1v) is 6.55. The first-order chi connectivity index (χ1) is 7.79. The molecule has 0 aromatic carbocycles. The van der Waals surface area contributed by atoms with E-state index in [9.17, 15) is 9.59 Å². The minimum Gasteiger partial charge on any atom is -0.291 e. The van der Waals surface area contributed by atoms with E-state index in [1.165, 1.54) is 12.8 Å². The van der Waals surface area contributed by atoms with Crippen LogP contribution in [0.5, 0.6) is 0 Å². The summed E-state index contributed by atoms with van der Waals surface area (Å²) in [4.78, 5) is 24.5. The van der Waals surface area contributed by atoms with E-state index in [4.69, 9.17) is 0 Å². The number of hydrogen-bond acceptors (Lipinski definition) is 2. The third-order valence-electron chi connectivity index (χ3n) is 6.31. The molecule has 0 N–H and O–H groups in total. The Hall–Kier alpha value is -0.920. The van der Waals surface area contributed by atoms with Crippen LogP contribution in [0.15, 0.2) is 12.2 Å². The van der Waals surface area contributed by atoms with Crippen molar-refractivity contribution in [2.45, 2.75) is 12.8 Å². The molecule has 2 nitrogen and oxygen atoms in total. The van der Waals surface area contributed by atoms with E-state index in [2.05, 4.69) is 12.2 Å². The van der Waals surface area contributed by atoms with Crippen LogP contribution < -0.4 is 0 Å². The van der Waals surface area contributed by atoms with Gasteiger partial charge in [0.15, 0.2) is 0 Å². The highest BCUT2D eigenvalue weighted by molar-refractivity contribution is 6.39. The summed E-state index contributed by atoms with van der Waals surface area (Å²) in [5.41, 5.74) is 0. The second-order valence-electron chi connectivity index (χ2n) is 6.38. The molecule has 6 atom stereocenters. The zero-order valence-electron chi connectivity index (χ0n) is 9.00. The summed E-state index contributed by atoms with van der Waals surface area (Å²) in [5.74, 6) is 3.56. The molecule has 0 amide bonds. The first kappa shape index (κ1) is 8.21. The standard InChI is InChI=1S/C14H14O2/c15-13-11-5-1-2-6-9(5)10-7(11)3-4-8(10)12(6)14(13)16/h1-2,5-12H,3-4H2. The van der Waals surface area contributed by atoms with Gasteiger partial charge in [-0.2, -0.15) is 0 Å². The van der Waals surface area contributed by atoms with Crippen molar-refractivity contribution in [3.8, 4) is 0 Å². The molecule has 82 valence electrons. The molecule has 0 aromatic heterocycles. The van der Waals surface area contributed by atoms with Gasteiger partial charge in [-0.05, 0) is 48.3 Å². The second-order valence-corrected chi connectivity index (χ2v) is 6.38. The van der Waals surface area contributed by atoms with Gasteiger partial charge in [-0.3, -0.25) is 9.59 Å². The lowest BCUT2D eigenvalue weighted by molar-refractivity contribution is -0.142. The summed E-state index contributed by atoms with van der Waals surface area (Å²) in [7, 11) is 0. The van der Waals surface area contributed by atoms with Gasteiger partial charge in [0.2, 0.25) is 11.6 Å². The average molecular weight is 214 g/mol. The van der Waals surface area contributed by atoms with Crippen LogP contribution in [0.1, 0.15) is 12.8 Å². The molecule has 5 fully saturated rings. The molecule has 0 heterocycles. The molecule has 8 bridgehead atoms. The SMILES string of the molecule is O=C1C(=O)C2C3C=CC4C1C1CCC2C1C43. The number of ketones is 2. The van der Waals surface area contributed by atoms with Crippen LogP contribution in [-0.4, -0.2) is 11.6 Å². The average Bonchev–Trinajstić information content (AvgIpc) is 2.91. The predicted molar refractivity (Wildman–Crippen MR) is 56.3 cm³/mol. The van der Waals surface area contributed by atoms with E-state index in [1.54, 1.807) is 0 Å². The molecule has 6 aliphatic rings. The number of carbonyl (C=O) groups is 2. The van der Waals surface area contributed by atoms with Gasteiger partial charge in [-0.25, -0.2) is 0 Å². The van der Waals surface area contributed by atoms with Gasteiger partial charge >= 0.3 is 0 Å². The van der Waals surface area contributed by atoms with Gasteiger partial charge in [0.25, 0.3) is 0 Å². The molecular weight excluding hydrogens is 200 g/mol. The van der Waals surface area contributed by atoms with Gasteiger partial charge in [0.05, 0.1) is 0 Å². The molecule has 0 aliphatic heterocycles. The van der Waals surface area contributed by atoms with Gasteiger partial charge in [-0.15, -0.1) is 0 Å². The van der Waals surface area contributed by atoms with Crippen LogP contribution in [0.3, 0.4) is 0 Å². The maximum absolute atomic E-state index is 12.2. The van der Waals surface area contributed by atoms with E-state index in [1.807, 2.05) is 0 Å². The Morgan fingerprint density at radius 1 is 0.812 bits per heavy atom. The molecule has 2 heteroatoms. The zero-order valence-corrected chi connectivity index (χ0v) is 9.00. The molecule has 0 spiro atoms. The summed E-state index contributed by atoms with van der Waals surface area (Å²) in [6.07, 6.45) is 6.96. The quantitative estimate of drug-likeness (QED) is 0.452. The summed E-state index contributed by atoms with van der Waals surface area (Å²) >= 11 is 0. The van der Waals surface area contributed by atoms with Crippen molar-refractivity contribution in [1.29, 1.82) is 0 Å². The number of allylic oxidation sites excluding steroid dienone is 2. The van der Waals surface area contributed by atoms with Crippen LogP contribution in [0.2, 0.25) is 0 Å². The number of carbonyl (C=O) groups excluding carboxylic acids is 2. The second kappa shape index (κ2) is 2.20. The first-order valence-electron chi connectivity index (χ1n) is 6.55. The zero-order chi connectivity index (χ0) is 10.6. The van der Waals surface area contributed by atoms with E-state index in [0.717, 1.165) is 5.92 Å². The lowest BCUT2D eigenvalue weighted by Crippen LogP contribution is -2.34. The number of Topliss-reactive ketones (excluding diaryl/α,β-unsaturated/α-hetero) is 2. The van der Waals surface area contributed by atoms with Crippen molar-refractivity contribution >= 4 is 11.6 Å². The lowest BCUT2D eigenvalue weighted by Gasteiger charge is -2.22. The van der Waals surface area contributed by atoms with Crippen LogP contribution in [0.25, 0.3) is 0 Å². The third-order valence-corrected chi connectivity index (χ3v) is 6.31. The van der Waals surface area contributed by atoms with Gasteiger partial charge in [-0.1, -0.05) is 12.2 Å². The van der Waals surface area contributed by atoms with Crippen LogP contribution in [0.4, 0.5) is 0 Å². The molecule has 6 aliphatic carbocycles. The molecule has 6 rings (SSSR count). The number of fused-ring (bicyclic) bond motifs is 1. The molecule has 16 heavy (non-hydrogen) atoms. The topological polar surface area (TPSA) is 34.1 Å². The molecular formula is C14H14O2. The Morgan fingerprint density at radius 3 is 1.81 bits per heavy atom. The predicted octanol–water partition coefficient (Wildman–Crippen LogP) is 1.46. The summed E-state index contributed by atoms with van der Waals surface area (Å²) in [5, 5.41) is 0. The summed E-state index contributed by atoms with van der Waals surface area (Å²) < 4.78 is 0. The highest BCUT2D eigenvalue weighted by Gasteiger charge is 2.71. The monoisotopic (exact) mass is 214 g/mol. The number of rotatable bonds is 0. The fourth-order valence-electron chi connectivity index (χ4n) is 6.14. The van der Waals surface area contributed by atoms with Crippen molar-refractivity contribution in [1.82, 2.24) is 0 Å². The molecule has 6 unspecified atom stereocenters. The fraction of sp³-hybridized carbons (Fsp3) is 0.714. The largest absolute Gasteiger partial charge is 0.291 e. The van der Waals surface area contributed by atoms with E-state index in [0.29, 0.717) is 29.6 Å². The van der Waals surface area contributed by atoms with E-state index in [-0.39, 0.29) is 23.4 Å². The third kappa shape index (κ3) is 0.586. The molecule has 0 saturated heterocycles. The lowest BCUT2D eigenvalue weighted by atomic mass is 9.79. The van der Waals surface area contributed by atoms with E-state index < -0.39 is 0 Å². The van der Waals surface area contributed by atoms with E-state index >= 15 is 0 Å². The minimum absolute atomic E-state index is 0.00144. The molecule has 0 radical (unpaired) electrons. The van der Waals surface area contributed by atoms with Crippen LogP contribution in [-0.2, 0) is 9.59 Å². The fourth-order valence-corrected chi connectivity index (χ4v) is 6.14. The molecule has 0 aromatic rings. The Labute approximate surface area is 94.1 Å². The van der Waals surface area contributed by atoms with Crippen molar-refractivity contribution in [3.63, 3.8) is 0 Å². The van der Waals surface area contributed by atoms with Gasteiger partial charge in [0.1, 0.15) is 0 Å². The normalized spacial score (nSPS) is 63.8. The Bertz CT molecular complexity index is 423. The van der Waals surface area contributed by atoms with Crippen LogP contribution in [0, 0.1) is 47.3 Å². The Morgan fingerprint density at radius 2 is 1.31 bits per heavy atom. The smallest absolute Gasteiger partial charge is 0.202 e. The Balaban J connectivity index is 1.86.